The number of carbonyl (C=O) groups is 3. The van der Waals surface area contributed by atoms with Gasteiger partial charge in [0.25, 0.3) is 0 Å². The maximum atomic E-state index is 13.7. The van der Waals surface area contributed by atoms with E-state index in [1.807, 2.05) is 44.2 Å². The highest BCUT2D eigenvalue weighted by Gasteiger charge is 2.68. The van der Waals surface area contributed by atoms with Gasteiger partial charge in [-0.2, -0.15) is 0 Å². The second kappa shape index (κ2) is 9.10. The minimum atomic E-state index is -1.64. The first-order chi connectivity index (χ1) is 16.2. The zero-order chi connectivity index (χ0) is 24.6. The Kier molecular flexibility index (Phi) is 6.36. The molecule has 34 heavy (non-hydrogen) atoms. The Bertz CT molecular complexity index is 1100. The summed E-state index contributed by atoms with van der Waals surface area (Å²) in [5.41, 5.74) is -0.523. The number of hydrogen-bond donors (Lipinski definition) is 3. The van der Waals surface area contributed by atoms with Crippen molar-refractivity contribution in [1.82, 2.24) is 10.2 Å². The number of phenols is 1. The molecule has 4 atom stereocenters. The highest BCUT2D eigenvalue weighted by Crippen LogP contribution is 2.53. The molecule has 0 spiro atoms. The number of nitrogens with zero attached hydrogens (tertiary/aromatic N) is 1. The topological polar surface area (TPSA) is 116 Å². The third kappa shape index (κ3) is 3.81. The van der Waals surface area contributed by atoms with E-state index in [0.717, 1.165) is 5.56 Å². The molecule has 0 aliphatic carbocycles. The number of carboxylic acid groups (broad SMARTS) is 1. The van der Waals surface area contributed by atoms with Crippen LogP contribution in [0.2, 0.25) is 0 Å². The van der Waals surface area contributed by atoms with Crippen molar-refractivity contribution in [3.8, 4) is 11.5 Å². The molecule has 8 heteroatoms. The van der Waals surface area contributed by atoms with Gasteiger partial charge in [0.1, 0.15) is 5.54 Å². The number of imide groups is 1. The molecule has 4 rings (SSSR count). The molecule has 2 aliphatic rings. The van der Waals surface area contributed by atoms with Crippen molar-refractivity contribution in [3.05, 3.63) is 59.7 Å². The summed E-state index contributed by atoms with van der Waals surface area (Å²) in [4.78, 5) is 41.2. The standard InChI is InChI=1S/C26H30N2O6/c1-4-34-18-12-8-11-17(22(18)29)21-19-20(26(27-21,25(32)33)13-15(2)3)24(31)28(23(19)30)14-16-9-6-5-7-10-16/h5-12,15,19-21,27,29H,4,13-14H2,1-3H3,(H,32,33)/t19-,20+,21-,26-/m0/s1. The first-order valence-electron chi connectivity index (χ1n) is 11.6. The number of amides is 2. The lowest BCUT2D eigenvalue weighted by molar-refractivity contribution is -0.152. The Hall–Kier alpha value is -3.39. The van der Waals surface area contributed by atoms with Crippen molar-refractivity contribution in [3.63, 3.8) is 0 Å². The zero-order valence-corrected chi connectivity index (χ0v) is 19.5. The molecule has 2 saturated heterocycles. The molecule has 180 valence electrons. The van der Waals surface area contributed by atoms with Crippen molar-refractivity contribution in [2.24, 2.45) is 17.8 Å². The minimum Gasteiger partial charge on any atom is -0.504 e. The Morgan fingerprint density at radius 2 is 1.82 bits per heavy atom. The molecule has 2 amide bonds. The molecule has 3 N–H and O–H groups in total. The smallest absolute Gasteiger partial charge is 0.324 e. The van der Waals surface area contributed by atoms with Crippen LogP contribution in [0.3, 0.4) is 0 Å². The van der Waals surface area contributed by atoms with Crippen molar-refractivity contribution in [2.75, 3.05) is 6.61 Å². The lowest BCUT2D eigenvalue weighted by Gasteiger charge is -2.32. The Labute approximate surface area is 198 Å². The number of phenolic OH excluding ortho intramolecular Hbond substituents is 1. The maximum absolute atomic E-state index is 13.7. The van der Waals surface area contributed by atoms with Gasteiger partial charge in [-0.1, -0.05) is 56.3 Å². The van der Waals surface area contributed by atoms with E-state index in [1.54, 1.807) is 25.1 Å². The van der Waals surface area contributed by atoms with Crippen LogP contribution in [-0.2, 0) is 20.9 Å². The lowest BCUT2D eigenvalue weighted by Crippen LogP contribution is -2.56. The predicted octanol–water partition coefficient (Wildman–Crippen LogP) is 3.11. The summed E-state index contributed by atoms with van der Waals surface area (Å²) in [6, 6.07) is 13.2. The molecular formula is C26H30N2O6. The molecule has 2 aliphatic heterocycles. The number of hydrogen-bond acceptors (Lipinski definition) is 6. The van der Waals surface area contributed by atoms with Crippen LogP contribution in [0.4, 0.5) is 0 Å². The van der Waals surface area contributed by atoms with Gasteiger partial charge in [0.15, 0.2) is 11.5 Å². The van der Waals surface area contributed by atoms with E-state index in [1.165, 1.54) is 4.90 Å². The maximum Gasteiger partial charge on any atom is 0.324 e. The van der Waals surface area contributed by atoms with Crippen LogP contribution in [0.25, 0.3) is 0 Å². The Morgan fingerprint density at radius 1 is 1.12 bits per heavy atom. The number of fused-ring (bicyclic) bond motifs is 1. The van der Waals surface area contributed by atoms with Gasteiger partial charge < -0.3 is 14.9 Å². The van der Waals surface area contributed by atoms with Crippen LogP contribution in [0.15, 0.2) is 48.5 Å². The highest BCUT2D eigenvalue weighted by atomic mass is 16.5. The number of benzene rings is 2. The number of nitrogens with one attached hydrogen (secondary N) is 1. The molecule has 0 unspecified atom stereocenters. The molecule has 2 fully saturated rings. The van der Waals surface area contributed by atoms with Gasteiger partial charge in [0, 0.05) is 11.6 Å². The lowest BCUT2D eigenvalue weighted by atomic mass is 9.75. The molecule has 0 saturated carbocycles. The van der Waals surface area contributed by atoms with Crippen molar-refractivity contribution >= 4 is 17.8 Å². The normalized spacial score (nSPS) is 26.2. The van der Waals surface area contributed by atoms with E-state index in [0.29, 0.717) is 12.2 Å². The summed E-state index contributed by atoms with van der Waals surface area (Å²) in [5.74, 6) is -4.15. The first kappa shape index (κ1) is 23.8. The van der Waals surface area contributed by atoms with E-state index in [4.69, 9.17) is 4.74 Å². The van der Waals surface area contributed by atoms with Gasteiger partial charge in [-0.3, -0.25) is 24.6 Å². The Balaban J connectivity index is 1.82. The first-order valence-corrected chi connectivity index (χ1v) is 11.6. The number of ether oxygens (including phenoxy) is 1. The highest BCUT2D eigenvalue weighted by molar-refractivity contribution is 6.09. The van der Waals surface area contributed by atoms with E-state index in [2.05, 4.69) is 5.32 Å². The molecule has 2 aromatic carbocycles. The quantitative estimate of drug-likeness (QED) is 0.512. The second-order valence-electron chi connectivity index (χ2n) is 9.38. The molecule has 0 aromatic heterocycles. The van der Waals surface area contributed by atoms with Gasteiger partial charge >= 0.3 is 5.97 Å². The fourth-order valence-electron chi connectivity index (χ4n) is 5.43. The predicted molar refractivity (Wildman–Crippen MR) is 124 cm³/mol. The number of aliphatic carboxylic acids is 1. The summed E-state index contributed by atoms with van der Waals surface area (Å²) in [6.07, 6.45) is 0.157. The van der Waals surface area contributed by atoms with Crippen LogP contribution in [0.1, 0.15) is 44.4 Å². The fraction of sp³-hybridized carbons (Fsp3) is 0.423. The monoisotopic (exact) mass is 466 g/mol. The summed E-state index contributed by atoms with van der Waals surface area (Å²) in [6.45, 7) is 5.95. The van der Waals surface area contributed by atoms with Crippen LogP contribution in [-0.4, -0.2) is 45.0 Å². The average Bonchev–Trinajstić information content (AvgIpc) is 3.25. The number of rotatable bonds is 8. The largest absolute Gasteiger partial charge is 0.504 e. The molecule has 8 nitrogen and oxygen atoms in total. The van der Waals surface area contributed by atoms with Crippen molar-refractivity contribution < 1.29 is 29.3 Å². The van der Waals surface area contributed by atoms with Crippen LogP contribution < -0.4 is 10.1 Å². The van der Waals surface area contributed by atoms with Crippen LogP contribution in [0, 0.1) is 17.8 Å². The Morgan fingerprint density at radius 3 is 2.44 bits per heavy atom. The number of aromatic hydroxyl groups is 1. The number of likely N-dealkylation sites (tertiary alicyclic amines) is 1. The fourth-order valence-corrected chi connectivity index (χ4v) is 5.43. The molecule has 0 radical (unpaired) electrons. The summed E-state index contributed by atoms with van der Waals surface area (Å²) in [7, 11) is 0. The van der Waals surface area contributed by atoms with Crippen LogP contribution in [0.5, 0.6) is 11.5 Å². The van der Waals surface area contributed by atoms with Crippen LogP contribution >= 0.6 is 0 Å². The van der Waals surface area contributed by atoms with Gasteiger partial charge in [-0.05, 0) is 30.9 Å². The summed E-state index contributed by atoms with van der Waals surface area (Å²) >= 11 is 0. The van der Waals surface area contributed by atoms with Crippen molar-refractivity contribution in [1.29, 1.82) is 0 Å². The van der Waals surface area contributed by atoms with Gasteiger partial charge in [-0.15, -0.1) is 0 Å². The third-order valence-electron chi connectivity index (χ3n) is 6.71. The summed E-state index contributed by atoms with van der Waals surface area (Å²) in [5, 5.41) is 24.4. The number of para-hydroxylation sites is 1. The number of carboxylic acids is 1. The second-order valence-corrected chi connectivity index (χ2v) is 9.38. The summed E-state index contributed by atoms with van der Waals surface area (Å²) < 4.78 is 5.50. The van der Waals surface area contributed by atoms with Gasteiger partial charge in [-0.25, -0.2) is 0 Å². The minimum absolute atomic E-state index is 0.0579. The van der Waals surface area contributed by atoms with E-state index in [-0.39, 0.29) is 30.4 Å². The molecule has 0 bridgehead atoms. The third-order valence-corrected chi connectivity index (χ3v) is 6.71. The van der Waals surface area contributed by atoms with E-state index < -0.39 is 41.2 Å². The number of carbonyl (C=O) groups excluding carboxylic acids is 2. The molecular weight excluding hydrogens is 436 g/mol. The SMILES string of the molecule is CCOc1cccc([C@@H]2N[C@](CC(C)C)(C(=O)O)[C@H]3C(=O)N(Cc4ccccc4)C(=O)[C@H]23)c1O. The van der Waals surface area contributed by atoms with Crippen molar-refractivity contribution in [2.45, 2.75) is 45.3 Å². The van der Waals surface area contributed by atoms with E-state index in [9.17, 15) is 24.6 Å². The zero-order valence-electron chi connectivity index (χ0n) is 19.5. The molecule has 2 heterocycles. The molecule has 2 aromatic rings. The van der Waals surface area contributed by atoms with E-state index >= 15 is 0 Å². The average molecular weight is 467 g/mol. The van der Waals surface area contributed by atoms with Gasteiger partial charge in [0.05, 0.1) is 25.0 Å². The van der Waals surface area contributed by atoms with Gasteiger partial charge in [0.2, 0.25) is 11.8 Å².